The monoisotopic (exact) mass is 406 g/mol. The molecule has 1 fully saturated rings. The number of pyridine rings is 1. The van der Waals surface area contributed by atoms with Crippen LogP contribution >= 0.6 is 0 Å². The largest absolute Gasteiger partial charge is 0.340 e. The van der Waals surface area contributed by atoms with Crippen molar-refractivity contribution in [2.45, 2.75) is 24.7 Å². The molecule has 1 aromatic heterocycles. The van der Waals surface area contributed by atoms with Crippen LogP contribution in [0.2, 0.25) is 0 Å². The third kappa shape index (κ3) is 4.09. The second kappa shape index (κ2) is 7.82. The number of piperidine rings is 1. The molecule has 2 heterocycles. The first-order chi connectivity index (χ1) is 14.0. The average Bonchev–Trinajstić information content (AvgIpc) is 2.74. The first kappa shape index (κ1) is 19.4. The van der Waals surface area contributed by atoms with Crippen LogP contribution in [0.15, 0.2) is 59.5 Å². The highest BCUT2D eigenvalue weighted by molar-refractivity contribution is 7.89. The standard InChI is InChI=1S/C22H22N4O2S/c1-16-9-11-26(12-10-16)29(27,28)20-6-7-21-18(14-20)5-8-22(25-21)24-19-4-2-3-17(13-19)15-23/h2-8,13-14,16H,9-12H2,1H3,(H,24,25). The lowest BCUT2D eigenvalue weighted by Gasteiger charge is -2.29. The van der Waals surface area contributed by atoms with Crippen molar-refractivity contribution >= 4 is 32.4 Å². The number of nitrogens with zero attached hydrogens (tertiary/aromatic N) is 3. The van der Waals surface area contributed by atoms with Gasteiger partial charge in [-0.2, -0.15) is 9.57 Å². The van der Waals surface area contributed by atoms with E-state index in [1.54, 1.807) is 46.8 Å². The summed E-state index contributed by atoms with van der Waals surface area (Å²) >= 11 is 0. The Hall–Kier alpha value is -2.95. The first-order valence-corrected chi connectivity index (χ1v) is 11.1. The van der Waals surface area contributed by atoms with Gasteiger partial charge in [-0.25, -0.2) is 13.4 Å². The molecule has 4 rings (SSSR count). The number of rotatable bonds is 4. The fraction of sp³-hybridized carbons (Fsp3) is 0.273. The fourth-order valence-electron chi connectivity index (χ4n) is 3.52. The van der Waals surface area contributed by atoms with E-state index in [1.165, 1.54) is 0 Å². The van der Waals surface area contributed by atoms with Crippen molar-refractivity contribution < 1.29 is 8.42 Å². The minimum absolute atomic E-state index is 0.309. The smallest absolute Gasteiger partial charge is 0.243 e. The highest BCUT2D eigenvalue weighted by Crippen LogP contribution is 2.26. The number of nitriles is 1. The summed E-state index contributed by atoms with van der Waals surface area (Å²) in [6.07, 6.45) is 1.80. The molecule has 0 radical (unpaired) electrons. The Balaban J connectivity index is 1.59. The molecule has 1 N–H and O–H groups in total. The van der Waals surface area contributed by atoms with Crippen LogP contribution in [0.1, 0.15) is 25.3 Å². The van der Waals surface area contributed by atoms with Gasteiger partial charge in [0.25, 0.3) is 0 Å². The van der Waals surface area contributed by atoms with Crippen molar-refractivity contribution in [3.63, 3.8) is 0 Å². The Morgan fingerprint density at radius 2 is 1.90 bits per heavy atom. The maximum atomic E-state index is 13.0. The van der Waals surface area contributed by atoms with Crippen molar-refractivity contribution in [3.05, 3.63) is 60.2 Å². The second-order valence-corrected chi connectivity index (χ2v) is 9.39. The minimum atomic E-state index is -3.48. The van der Waals surface area contributed by atoms with E-state index in [1.807, 2.05) is 12.1 Å². The Morgan fingerprint density at radius 1 is 1.10 bits per heavy atom. The molecule has 0 unspecified atom stereocenters. The van der Waals surface area contributed by atoms with E-state index >= 15 is 0 Å². The summed E-state index contributed by atoms with van der Waals surface area (Å²) in [7, 11) is -3.48. The van der Waals surface area contributed by atoms with Gasteiger partial charge in [0.05, 0.1) is 22.0 Å². The maximum absolute atomic E-state index is 13.0. The zero-order chi connectivity index (χ0) is 20.4. The molecule has 7 heteroatoms. The van der Waals surface area contributed by atoms with Gasteiger partial charge in [-0.05, 0) is 67.3 Å². The summed E-state index contributed by atoms with van der Waals surface area (Å²) < 4.78 is 27.5. The van der Waals surface area contributed by atoms with Gasteiger partial charge in [-0.1, -0.05) is 13.0 Å². The molecule has 29 heavy (non-hydrogen) atoms. The van der Waals surface area contributed by atoms with Gasteiger partial charge >= 0.3 is 0 Å². The Morgan fingerprint density at radius 3 is 2.66 bits per heavy atom. The molecule has 1 aliphatic rings. The molecule has 148 valence electrons. The van der Waals surface area contributed by atoms with Gasteiger partial charge in [0.1, 0.15) is 5.82 Å². The molecule has 1 saturated heterocycles. The third-order valence-electron chi connectivity index (χ3n) is 5.31. The second-order valence-electron chi connectivity index (χ2n) is 7.46. The fourth-order valence-corrected chi connectivity index (χ4v) is 5.03. The Labute approximate surface area is 170 Å². The third-order valence-corrected chi connectivity index (χ3v) is 7.20. The average molecular weight is 407 g/mol. The zero-order valence-corrected chi connectivity index (χ0v) is 17.0. The first-order valence-electron chi connectivity index (χ1n) is 9.64. The van der Waals surface area contributed by atoms with Gasteiger partial charge in [0.15, 0.2) is 0 Å². The van der Waals surface area contributed by atoms with E-state index < -0.39 is 10.0 Å². The molecule has 0 saturated carbocycles. The lowest BCUT2D eigenvalue weighted by molar-refractivity contribution is 0.288. The van der Waals surface area contributed by atoms with Gasteiger partial charge in [0.2, 0.25) is 10.0 Å². The summed E-state index contributed by atoms with van der Waals surface area (Å²) in [6, 6.07) is 18.0. The molecule has 0 atom stereocenters. The van der Waals surface area contributed by atoms with Crippen LogP contribution in [-0.2, 0) is 10.0 Å². The molecule has 0 aliphatic carbocycles. The summed E-state index contributed by atoms with van der Waals surface area (Å²) in [4.78, 5) is 4.88. The summed E-state index contributed by atoms with van der Waals surface area (Å²) in [6.45, 7) is 3.31. The SMILES string of the molecule is CC1CCN(S(=O)(=O)c2ccc3nc(Nc4cccc(C#N)c4)ccc3c2)CC1. The van der Waals surface area contributed by atoms with Crippen molar-refractivity contribution in [1.29, 1.82) is 5.26 Å². The van der Waals surface area contributed by atoms with Gasteiger partial charge < -0.3 is 5.32 Å². The van der Waals surface area contributed by atoms with Gasteiger partial charge in [-0.3, -0.25) is 0 Å². The number of aromatic nitrogens is 1. The van der Waals surface area contributed by atoms with Crippen LogP contribution in [0.5, 0.6) is 0 Å². The van der Waals surface area contributed by atoms with Crippen LogP contribution in [0.25, 0.3) is 10.9 Å². The van der Waals surface area contributed by atoms with Crippen molar-refractivity contribution in [1.82, 2.24) is 9.29 Å². The molecule has 6 nitrogen and oxygen atoms in total. The predicted octanol–water partition coefficient (Wildman–Crippen LogP) is 4.27. The summed E-state index contributed by atoms with van der Waals surface area (Å²) in [5.41, 5.74) is 2.05. The molecule has 0 spiro atoms. The number of fused-ring (bicyclic) bond motifs is 1. The topological polar surface area (TPSA) is 86.1 Å². The van der Waals surface area contributed by atoms with Crippen LogP contribution < -0.4 is 5.32 Å². The molecule has 0 bridgehead atoms. The molecule has 3 aromatic rings. The van der Waals surface area contributed by atoms with Crippen molar-refractivity contribution in [3.8, 4) is 6.07 Å². The summed E-state index contributed by atoms with van der Waals surface area (Å²) in [5.74, 6) is 1.20. The molecular formula is C22H22N4O2S. The number of nitrogens with one attached hydrogen (secondary N) is 1. The lowest BCUT2D eigenvalue weighted by atomic mass is 10.0. The van der Waals surface area contributed by atoms with Crippen LogP contribution in [-0.4, -0.2) is 30.8 Å². The summed E-state index contributed by atoms with van der Waals surface area (Å²) in [5, 5.41) is 13.0. The molecular weight excluding hydrogens is 384 g/mol. The van der Waals surface area contributed by atoms with E-state index in [0.29, 0.717) is 40.8 Å². The normalized spacial score (nSPS) is 15.9. The van der Waals surface area contributed by atoms with Crippen LogP contribution in [0.3, 0.4) is 0 Å². The van der Waals surface area contributed by atoms with E-state index in [-0.39, 0.29) is 0 Å². The number of benzene rings is 2. The number of anilines is 2. The van der Waals surface area contributed by atoms with Gasteiger partial charge in [0, 0.05) is 24.2 Å². The van der Waals surface area contributed by atoms with E-state index in [9.17, 15) is 8.42 Å². The van der Waals surface area contributed by atoms with Crippen molar-refractivity contribution in [2.75, 3.05) is 18.4 Å². The number of hydrogen-bond donors (Lipinski definition) is 1. The van der Waals surface area contributed by atoms with Crippen molar-refractivity contribution in [2.24, 2.45) is 5.92 Å². The number of hydrogen-bond acceptors (Lipinski definition) is 5. The molecule has 1 aliphatic heterocycles. The molecule has 0 amide bonds. The lowest BCUT2D eigenvalue weighted by Crippen LogP contribution is -2.37. The highest BCUT2D eigenvalue weighted by Gasteiger charge is 2.28. The Kier molecular flexibility index (Phi) is 5.22. The number of sulfonamides is 1. The zero-order valence-electron chi connectivity index (χ0n) is 16.2. The highest BCUT2D eigenvalue weighted by atomic mass is 32.2. The van der Waals surface area contributed by atoms with E-state index in [4.69, 9.17) is 5.26 Å². The van der Waals surface area contributed by atoms with Crippen LogP contribution in [0, 0.1) is 17.2 Å². The Bertz CT molecular complexity index is 1190. The van der Waals surface area contributed by atoms with E-state index in [0.717, 1.165) is 23.9 Å². The predicted molar refractivity (Wildman–Crippen MR) is 113 cm³/mol. The molecule has 2 aromatic carbocycles. The van der Waals surface area contributed by atoms with E-state index in [2.05, 4.69) is 23.3 Å². The van der Waals surface area contributed by atoms with Gasteiger partial charge in [-0.15, -0.1) is 0 Å². The minimum Gasteiger partial charge on any atom is -0.340 e. The quantitative estimate of drug-likeness (QED) is 0.699. The maximum Gasteiger partial charge on any atom is 0.243 e. The van der Waals surface area contributed by atoms with Crippen LogP contribution in [0.4, 0.5) is 11.5 Å².